The summed E-state index contributed by atoms with van der Waals surface area (Å²) in [6, 6.07) is 2.82. The summed E-state index contributed by atoms with van der Waals surface area (Å²) < 4.78 is 0. The molecule has 3 N–H and O–H groups in total. The van der Waals surface area contributed by atoms with Crippen LogP contribution in [0.2, 0.25) is 0 Å². The molecule has 1 aliphatic rings. The predicted molar refractivity (Wildman–Crippen MR) is 67.4 cm³/mol. The number of aromatic amines is 1. The first kappa shape index (κ1) is 12.8. The van der Waals surface area contributed by atoms with Crippen molar-refractivity contribution in [2.24, 2.45) is 5.92 Å². The van der Waals surface area contributed by atoms with Gasteiger partial charge in [-0.1, -0.05) is 12.8 Å². The fraction of sp³-hybridized carbons (Fsp3) is 0.538. The first-order valence-electron chi connectivity index (χ1n) is 6.32. The maximum Gasteiger partial charge on any atom is 0.252 e. The number of aliphatic hydroxyl groups is 1. The minimum Gasteiger partial charge on any atom is -0.393 e. The Kier molecular flexibility index (Phi) is 4.15. The van der Waals surface area contributed by atoms with Crippen molar-refractivity contribution >= 4 is 5.91 Å². The number of carbonyl (C=O) groups is 1. The molecule has 0 saturated heterocycles. The summed E-state index contributed by atoms with van der Waals surface area (Å²) in [7, 11) is 0. The summed E-state index contributed by atoms with van der Waals surface area (Å²) in [4.78, 5) is 25.1. The second-order valence-corrected chi connectivity index (χ2v) is 4.76. The van der Waals surface area contributed by atoms with Gasteiger partial charge in [0.1, 0.15) is 0 Å². The molecule has 1 amide bonds. The van der Waals surface area contributed by atoms with Crippen LogP contribution >= 0.6 is 0 Å². The molecule has 2 atom stereocenters. The number of amides is 1. The van der Waals surface area contributed by atoms with Crippen molar-refractivity contribution in [1.29, 1.82) is 0 Å². The van der Waals surface area contributed by atoms with Gasteiger partial charge in [-0.3, -0.25) is 9.59 Å². The van der Waals surface area contributed by atoms with E-state index in [-0.39, 0.29) is 23.5 Å². The van der Waals surface area contributed by atoms with Crippen LogP contribution in [0.1, 0.15) is 36.0 Å². The summed E-state index contributed by atoms with van der Waals surface area (Å²) in [6.07, 6.45) is 5.03. The second-order valence-electron chi connectivity index (χ2n) is 4.76. The van der Waals surface area contributed by atoms with Gasteiger partial charge in [-0.25, -0.2) is 0 Å². The average molecular weight is 250 g/mol. The van der Waals surface area contributed by atoms with Crippen LogP contribution < -0.4 is 10.9 Å². The molecule has 0 radical (unpaired) electrons. The van der Waals surface area contributed by atoms with E-state index < -0.39 is 0 Å². The topological polar surface area (TPSA) is 82.2 Å². The minimum absolute atomic E-state index is 0.144. The highest BCUT2D eigenvalue weighted by molar-refractivity contribution is 5.93. The molecule has 1 saturated carbocycles. The quantitative estimate of drug-likeness (QED) is 0.737. The molecule has 5 heteroatoms. The van der Waals surface area contributed by atoms with E-state index in [2.05, 4.69) is 10.3 Å². The van der Waals surface area contributed by atoms with Gasteiger partial charge in [0.05, 0.1) is 11.7 Å². The lowest BCUT2D eigenvalue weighted by atomic mass is 9.86. The van der Waals surface area contributed by atoms with Crippen molar-refractivity contribution in [3.8, 4) is 0 Å². The van der Waals surface area contributed by atoms with E-state index in [0.29, 0.717) is 12.1 Å². The van der Waals surface area contributed by atoms with Crippen molar-refractivity contribution in [1.82, 2.24) is 10.3 Å². The Morgan fingerprint density at radius 2 is 2.17 bits per heavy atom. The number of rotatable bonds is 3. The fourth-order valence-corrected chi connectivity index (χ4v) is 2.30. The summed E-state index contributed by atoms with van der Waals surface area (Å²) in [6.45, 7) is 0.485. The molecule has 1 fully saturated rings. The second kappa shape index (κ2) is 5.82. The molecule has 1 aromatic rings. The van der Waals surface area contributed by atoms with Gasteiger partial charge in [0.2, 0.25) is 5.56 Å². The SMILES string of the molecule is O=C(NCC1CCCCC1O)c1ccc(=O)[nH]c1. The van der Waals surface area contributed by atoms with E-state index in [1.54, 1.807) is 0 Å². The number of hydrogen-bond donors (Lipinski definition) is 3. The molecule has 0 aliphatic heterocycles. The average Bonchev–Trinajstić information content (AvgIpc) is 2.38. The largest absolute Gasteiger partial charge is 0.393 e. The van der Waals surface area contributed by atoms with Crippen LogP contribution in [-0.4, -0.2) is 28.6 Å². The van der Waals surface area contributed by atoms with Gasteiger partial charge in [-0.15, -0.1) is 0 Å². The predicted octanol–water partition coefficient (Wildman–Crippen LogP) is 0.656. The van der Waals surface area contributed by atoms with Crippen molar-refractivity contribution in [2.75, 3.05) is 6.54 Å². The van der Waals surface area contributed by atoms with Crippen LogP contribution in [0, 0.1) is 5.92 Å². The number of hydrogen-bond acceptors (Lipinski definition) is 3. The van der Waals surface area contributed by atoms with Crippen LogP contribution in [0.5, 0.6) is 0 Å². The van der Waals surface area contributed by atoms with Crippen molar-refractivity contribution in [2.45, 2.75) is 31.8 Å². The van der Waals surface area contributed by atoms with E-state index >= 15 is 0 Å². The van der Waals surface area contributed by atoms with E-state index in [1.807, 2.05) is 0 Å². The number of pyridine rings is 1. The Bertz CT molecular complexity index is 449. The Hall–Kier alpha value is -1.62. The molecule has 1 aromatic heterocycles. The highest BCUT2D eigenvalue weighted by Gasteiger charge is 2.23. The zero-order valence-electron chi connectivity index (χ0n) is 10.2. The Morgan fingerprint density at radius 1 is 1.39 bits per heavy atom. The standard InChI is InChI=1S/C13H18N2O3/c16-11-4-2-1-3-9(11)7-15-13(18)10-5-6-12(17)14-8-10/h5-6,8-9,11,16H,1-4,7H2,(H,14,17)(H,15,18). The lowest BCUT2D eigenvalue weighted by molar-refractivity contribution is 0.0663. The molecule has 1 heterocycles. The van der Waals surface area contributed by atoms with Crippen LogP contribution in [0.4, 0.5) is 0 Å². The smallest absolute Gasteiger partial charge is 0.252 e. The Morgan fingerprint density at radius 3 is 2.83 bits per heavy atom. The zero-order valence-corrected chi connectivity index (χ0v) is 10.2. The van der Waals surface area contributed by atoms with E-state index in [1.165, 1.54) is 18.3 Å². The highest BCUT2D eigenvalue weighted by Crippen LogP contribution is 2.23. The summed E-state index contributed by atoms with van der Waals surface area (Å²) >= 11 is 0. The third-order valence-corrected chi connectivity index (χ3v) is 3.44. The van der Waals surface area contributed by atoms with Crippen molar-refractivity contribution in [3.05, 3.63) is 34.2 Å². The Balaban J connectivity index is 1.87. The molecule has 2 unspecified atom stereocenters. The zero-order chi connectivity index (χ0) is 13.0. The summed E-state index contributed by atoms with van der Waals surface area (Å²) in [5, 5.41) is 12.6. The highest BCUT2D eigenvalue weighted by atomic mass is 16.3. The maximum absolute atomic E-state index is 11.8. The molecule has 0 spiro atoms. The number of H-pyrrole nitrogens is 1. The number of nitrogens with one attached hydrogen (secondary N) is 2. The van der Waals surface area contributed by atoms with E-state index in [0.717, 1.165) is 25.7 Å². The first-order valence-corrected chi connectivity index (χ1v) is 6.32. The van der Waals surface area contributed by atoms with Gasteiger partial charge in [-0.05, 0) is 18.9 Å². The van der Waals surface area contributed by atoms with Crippen LogP contribution in [0.3, 0.4) is 0 Å². The van der Waals surface area contributed by atoms with Gasteiger partial charge in [0, 0.05) is 24.7 Å². The normalized spacial score (nSPS) is 23.6. The molecule has 98 valence electrons. The van der Waals surface area contributed by atoms with Gasteiger partial charge >= 0.3 is 0 Å². The Labute approximate surface area is 105 Å². The van der Waals surface area contributed by atoms with E-state index in [4.69, 9.17) is 0 Å². The molecule has 1 aliphatic carbocycles. The van der Waals surface area contributed by atoms with Crippen LogP contribution in [0.25, 0.3) is 0 Å². The first-order chi connectivity index (χ1) is 8.66. The van der Waals surface area contributed by atoms with Gasteiger partial charge in [-0.2, -0.15) is 0 Å². The maximum atomic E-state index is 11.8. The van der Waals surface area contributed by atoms with Gasteiger partial charge < -0.3 is 15.4 Å². The molecular weight excluding hydrogens is 232 g/mol. The van der Waals surface area contributed by atoms with Crippen LogP contribution in [0.15, 0.2) is 23.1 Å². The molecule has 18 heavy (non-hydrogen) atoms. The lowest BCUT2D eigenvalue weighted by Gasteiger charge is -2.27. The van der Waals surface area contributed by atoms with Crippen molar-refractivity contribution < 1.29 is 9.90 Å². The van der Waals surface area contributed by atoms with Crippen molar-refractivity contribution in [3.63, 3.8) is 0 Å². The van der Waals surface area contributed by atoms with Gasteiger partial charge in [0.25, 0.3) is 5.91 Å². The lowest BCUT2D eigenvalue weighted by Crippen LogP contribution is -2.36. The number of carbonyl (C=O) groups excluding carboxylic acids is 1. The fourth-order valence-electron chi connectivity index (χ4n) is 2.30. The number of aromatic nitrogens is 1. The molecule has 0 bridgehead atoms. The van der Waals surface area contributed by atoms with Gasteiger partial charge in [0.15, 0.2) is 0 Å². The monoisotopic (exact) mass is 250 g/mol. The molecular formula is C13H18N2O3. The summed E-state index contributed by atoms with van der Waals surface area (Å²) in [5.41, 5.74) is 0.203. The third kappa shape index (κ3) is 3.20. The minimum atomic E-state index is -0.311. The van der Waals surface area contributed by atoms with E-state index in [9.17, 15) is 14.7 Å². The molecule has 2 rings (SSSR count). The summed E-state index contributed by atoms with van der Waals surface area (Å²) in [5.74, 6) is -0.0746. The number of aliphatic hydroxyl groups excluding tert-OH is 1. The third-order valence-electron chi connectivity index (χ3n) is 3.44. The van der Waals surface area contributed by atoms with Crippen LogP contribution in [-0.2, 0) is 0 Å². The molecule has 5 nitrogen and oxygen atoms in total. The molecule has 0 aromatic carbocycles.